The zero-order valence-electron chi connectivity index (χ0n) is 14.1. The summed E-state index contributed by atoms with van der Waals surface area (Å²) in [6, 6.07) is 2.28. The Hall–Kier alpha value is -1.40. The maximum Gasteiger partial charge on any atom is 0.239 e. The molecule has 22 heavy (non-hydrogen) atoms. The number of aryl methyl sites for hydroxylation is 2. The Morgan fingerprint density at radius 2 is 2.32 bits per heavy atom. The third-order valence-corrected chi connectivity index (χ3v) is 5.18. The predicted octanol–water partition coefficient (Wildman–Crippen LogP) is 1.41. The summed E-state index contributed by atoms with van der Waals surface area (Å²) in [5.41, 5.74) is 1.01. The van der Waals surface area contributed by atoms with E-state index in [4.69, 9.17) is 4.74 Å². The maximum absolute atomic E-state index is 12.3. The second kappa shape index (κ2) is 5.35. The zero-order chi connectivity index (χ0) is 16.1. The van der Waals surface area contributed by atoms with Gasteiger partial charge in [-0.3, -0.25) is 14.4 Å². The Morgan fingerprint density at radius 1 is 1.59 bits per heavy atom. The van der Waals surface area contributed by atoms with Crippen LogP contribution >= 0.6 is 0 Å². The molecule has 0 aromatic carbocycles. The Bertz CT molecular complexity index is 581. The summed E-state index contributed by atoms with van der Waals surface area (Å²) < 4.78 is 7.52. The van der Waals surface area contributed by atoms with Crippen LogP contribution in [0.3, 0.4) is 0 Å². The topological polar surface area (TPSA) is 59.4 Å². The van der Waals surface area contributed by atoms with Crippen molar-refractivity contribution in [3.63, 3.8) is 0 Å². The third-order valence-electron chi connectivity index (χ3n) is 5.18. The highest BCUT2D eigenvalue weighted by Crippen LogP contribution is 2.54. The molecule has 1 aliphatic carbocycles. The van der Waals surface area contributed by atoms with E-state index in [2.05, 4.69) is 29.2 Å². The summed E-state index contributed by atoms with van der Waals surface area (Å²) >= 11 is 0. The van der Waals surface area contributed by atoms with Gasteiger partial charge in [0, 0.05) is 37.1 Å². The first-order valence-electron chi connectivity index (χ1n) is 7.93. The highest BCUT2D eigenvalue weighted by Gasteiger charge is 2.60. The van der Waals surface area contributed by atoms with Gasteiger partial charge in [0.25, 0.3) is 0 Å². The quantitative estimate of drug-likeness (QED) is 0.914. The SMILES string of the molecule is Cc1cc(NC(=O)CN(C)C2C3CCOC3C2(C)C)n(C)n1. The van der Waals surface area contributed by atoms with Crippen LogP contribution in [0.15, 0.2) is 6.07 Å². The van der Waals surface area contributed by atoms with E-state index in [1.54, 1.807) is 4.68 Å². The second-order valence-corrected chi connectivity index (χ2v) is 7.27. The van der Waals surface area contributed by atoms with E-state index in [9.17, 15) is 4.79 Å². The van der Waals surface area contributed by atoms with E-state index in [0.717, 1.165) is 24.5 Å². The summed E-state index contributed by atoms with van der Waals surface area (Å²) in [5.74, 6) is 1.31. The normalized spacial score (nSPS) is 29.3. The molecule has 1 aliphatic heterocycles. The second-order valence-electron chi connectivity index (χ2n) is 7.27. The molecule has 2 aliphatic rings. The molecule has 1 aromatic heterocycles. The number of hydrogen-bond donors (Lipinski definition) is 1. The monoisotopic (exact) mass is 306 g/mol. The molecule has 2 fully saturated rings. The van der Waals surface area contributed by atoms with Crippen molar-refractivity contribution in [2.45, 2.75) is 39.3 Å². The van der Waals surface area contributed by atoms with Gasteiger partial charge in [-0.1, -0.05) is 13.8 Å². The fourth-order valence-corrected chi connectivity index (χ4v) is 4.43. The lowest BCUT2D eigenvalue weighted by atomic mass is 9.57. The molecule has 3 unspecified atom stereocenters. The first-order valence-corrected chi connectivity index (χ1v) is 7.93. The number of fused-ring (bicyclic) bond motifs is 1. The van der Waals surface area contributed by atoms with Gasteiger partial charge in [-0.25, -0.2) is 0 Å². The molecule has 0 bridgehead atoms. The van der Waals surface area contributed by atoms with Crippen molar-refractivity contribution in [2.75, 3.05) is 25.5 Å². The van der Waals surface area contributed by atoms with Crippen LogP contribution in [0.4, 0.5) is 5.82 Å². The van der Waals surface area contributed by atoms with Gasteiger partial charge in [-0.05, 0) is 20.4 Å². The Balaban J connectivity index is 1.61. The highest BCUT2D eigenvalue weighted by atomic mass is 16.5. The van der Waals surface area contributed by atoms with Crippen molar-refractivity contribution < 1.29 is 9.53 Å². The first kappa shape index (κ1) is 15.5. The van der Waals surface area contributed by atoms with Gasteiger partial charge in [0.15, 0.2) is 0 Å². The summed E-state index contributed by atoms with van der Waals surface area (Å²) in [5, 5.41) is 7.18. The van der Waals surface area contributed by atoms with Gasteiger partial charge < -0.3 is 10.1 Å². The van der Waals surface area contributed by atoms with Gasteiger partial charge in [-0.15, -0.1) is 0 Å². The van der Waals surface area contributed by atoms with E-state index < -0.39 is 0 Å². The van der Waals surface area contributed by atoms with Crippen molar-refractivity contribution in [3.05, 3.63) is 11.8 Å². The smallest absolute Gasteiger partial charge is 0.239 e. The molecule has 1 amide bonds. The van der Waals surface area contributed by atoms with Crippen molar-refractivity contribution in [1.82, 2.24) is 14.7 Å². The number of likely N-dealkylation sites (N-methyl/N-ethyl adjacent to an activating group) is 1. The van der Waals surface area contributed by atoms with Crippen LogP contribution in [0.1, 0.15) is 26.0 Å². The lowest BCUT2D eigenvalue weighted by Gasteiger charge is -2.57. The minimum atomic E-state index is 0.00339. The van der Waals surface area contributed by atoms with Gasteiger partial charge in [0.1, 0.15) is 5.82 Å². The maximum atomic E-state index is 12.3. The molecular formula is C16H26N4O2. The molecule has 3 rings (SSSR count). The number of anilines is 1. The van der Waals surface area contributed by atoms with Crippen molar-refractivity contribution in [2.24, 2.45) is 18.4 Å². The number of rotatable bonds is 4. The summed E-state index contributed by atoms with van der Waals surface area (Å²) in [7, 11) is 3.87. The minimum Gasteiger partial charge on any atom is -0.377 e. The number of carbonyl (C=O) groups excluding carboxylic acids is 1. The van der Waals surface area contributed by atoms with E-state index in [1.165, 1.54) is 0 Å². The molecule has 3 atom stereocenters. The van der Waals surface area contributed by atoms with E-state index in [1.807, 2.05) is 27.1 Å². The standard InChI is InChI=1S/C16H26N4O2/c1-10-8-12(20(5)18-10)17-13(21)9-19(4)14-11-6-7-22-15(11)16(14,2)3/h8,11,14-15H,6-7,9H2,1-5H3,(H,17,21). The Kier molecular flexibility index (Phi) is 3.77. The first-order chi connectivity index (χ1) is 10.3. The predicted molar refractivity (Wildman–Crippen MR) is 84.6 cm³/mol. The zero-order valence-corrected chi connectivity index (χ0v) is 14.1. The number of carbonyl (C=O) groups is 1. The van der Waals surface area contributed by atoms with E-state index in [-0.39, 0.29) is 11.3 Å². The number of amides is 1. The molecule has 6 heteroatoms. The van der Waals surface area contributed by atoms with Gasteiger partial charge >= 0.3 is 0 Å². The van der Waals surface area contributed by atoms with E-state index >= 15 is 0 Å². The highest BCUT2D eigenvalue weighted by molar-refractivity contribution is 5.91. The van der Waals surface area contributed by atoms with Crippen molar-refractivity contribution >= 4 is 11.7 Å². The average Bonchev–Trinajstić information content (AvgIpc) is 2.94. The molecular weight excluding hydrogens is 280 g/mol. The van der Waals surface area contributed by atoms with Crippen LogP contribution < -0.4 is 5.32 Å². The number of nitrogens with zero attached hydrogens (tertiary/aromatic N) is 3. The molecule has 6 nitrogen and oxygen atoms in total. The van der Waals surface area contributed by atoms with Crippen LogP contribution in [0.2, 0.25) is 0 Å². The van der Waals surface area contributed by atoms with Crippen molar-refractivity contribution in [3.8, 4) is 0 Å². The van der Waals surface area contributed by atoms with Crippen LogP contribution in [-0.4, -0.2) is 52.9 Å². The average molecular weight is 306 g/mol. The number of ether oxygens (including phenoxy) is 1. The molecule has 2 heterocycles. The molecule has 0 radical (unpaired) electrons. The van der Waals surface area contributed by atoms with E-state index in [0.29, 0.717) is 24.6 Å². The number of nitrogens with one attached hydrogen (secondary N) is 1. The summed E-state index contributed by atoms with van der Waals surface area (Å²) in [6.07, 6.45) is 1.45. The molecule has 1 saturated heterocycles. The molecule has 1 aromatic rings. The van der Waals surface area contributed by atoms with Gasteiger partial charge in [0.2, 0.25) is 5.91 Å². The number of hydrogen-bond acceptors (Lipinski definition) is 4. The van der Waals surface area contributed by atoms with Crippen LogP contribution in [0, 0.1) is 18.3 Å². The molecule has 1 saturated carbocycles. The van der Waals surface area contributed by atoms with Crippen molar-refractivity contribution in [1.29, 1.82) is 0 Å². The van der Waals surface area contributed by atoms with Crippen LogP contribution in [0.5, 0.6) is 0 Å². The molecule has 122 valence electrons. The fourth-order valence-electron chi connectivity index (χ4n) is 4.43. The lowest BCUT2D eigenvalue weighted by Crippen LogP contribution is -2.66. The number of aromatic nitrogens is 2. The van der Waals surface area contributed by atoms with Crippen LogP contribution in [0.25, 0.3) is 0 Å². The fraction of sp³-hybridized carbons (Fsp3) is 0.750. The summed E-state index contributed by atoms with van der Waals surface area (Å²) in [4.78, 5) is 14.5. The van der Waals surface area contributed by atoms with Crippen LogP contribution in [-0.2, 0) is 16.6 Å². The Morgan fingerprint density at radius 3 is 2.95 bits per heavy atom. The molecule has 1 N–H and O–H groups in total. The largest absolute Gasteiger partial charge is 0.377 e. The summed E-state index contributed by atoms with van der Waals surface area (Å²) in [6.45, 7) is 7.64. The Labute approximate surface area is 131 Å². The van der Waals surface area contributed by atoms with Gasteiger partial charge in [0.05, 0.1) is 18.3 Å². The lowest BCUT2D eigenvalue weighted by molar-refractivity contribution is -0.152. The third kappa shape index (κ3) is 2.44. The van der Waals surface area contributed by atoms with Gasteiger partial charge in [-0.2, -0.15) is 5.10 Å². The molecule has 0 spiro atoms. The minimum absolute atomic E-state index is 0.00339.